The van der Waals surface area contributed by atoms with Crippen molar-refractivity contribution in [3.8, 4) is 0 Å². The molecule has 0 heterocycles. The minimum absolute atomic E-state index is 0.0732. The largest absolute Gasteiger partial charge is 0.314 e. The lowest BCUT2D eigenvalue weighted by Gasteiger charge is -2.31. The van der Waals surface area contributed by atoms with Crippen LogP contribution in [0.25, 0.3) is 0 Å². The molecule has 0 spiro atoms. The van der Waals surface area contributed by atoms with E-state index < -0.39 is 5.67 Å². The topological polar surface area (TPSA) is 12.0 Å². The van der Waals surface area contributed by atoms with Gasteiger partial charge in [-0.3, -0.25) is 0 Å². The molecule has 0 radical (unpaired) electrons. The number of halogens is 1. The van der Waals surface area contributed by atoms with Crippen molar-refractivity contribution in [3.63, 3.8) is 0 Å². The van der Waals surface area contributed by atoms with Gasteiger partial charge in [-0.05, 0) is 33.2 Å². The number of nitrogens with one attached hydrogen (secondary N) is 1. The van der Waals surface area contributed by atoms with E-state index in [2.05, 4.69) is 19.2 Å². The molecular formula is C11H24FN. The minimum Gasteiger partial charge on any atom is -0.314 e. The van der Waals surface area contributed by atoms with Crippen molar-refractivity contribution in [3.05, 3.63) is 0 Å². The molecule has 2 atom stereocenters. The van der Waals surface area contributed by atoms with E-state index >= 15 is 0 Å². The van der Waals surface area contributed by atoms with E-state index in [1.54, 1.807) is 13.8 Å². The van der Waals surface area contributed by atoms with Crippen LogP contribution in [0.1, 0.15) is 47.5 Å². The first kappa shape index (κ1) is 12.9. The first-order valence-corrected chi connectivity index (χ1v) is 5.35. The van der Waals surface area contributed by atoms with E-state index in [4.69, 9.17) is 0 Å². The third kappa shape index (κ3) is 4.61. The van der Waals surface area contributed by atoms with Gasteiger partial charge in [0.2, 0.25) is 0 Å². The van der Waals surface area contributed by atoms with Crippen LogP contribution in [0.5, 0.6) is 0 Å². The summed E-state index contributed by atoms with van der Waals surface area (Å²) >= 11 is 0. The Morgan fingerprint density at radius 3 is 2.15 bits per heavy atom. The summed E-state index contributed by atoms with van der Waals surface area (Å²) in [5.41, 5.74) is -1.08. The molecule has 13 heavy (non-hydrogen) atoms. The fraction of sp³-hybridized carbons (Fsp3) is 1.00. The molecule has 0 bridgehead atoms. The third-order valence-electron chi connectivity index (χ3n) is 2.78. The van der Waals surface area contributed by atoms with Crippen LogP contribution in [0.4, 0.5) is 4.39 Å². The Morgan fingerprint density at radius 1 is 1.31 bits per heavy atom. The Kier molecular flexibility index (Phi) is 5.54. The molecule has 0 aromatic heterocycles. The van der Waals surface area contributed by atoms with Crippen LogP contribution in [0.2, 0.25) is 0 Å². The van der Waals surface area contributed by atoms with Crippen LogP contribution < -0.4 is 5.32 Å². The van der Waals surface area contributed by atoms with E-state index in [9.17, 15) is 4.39 Å². The van der Waals surface area contributed by atoms with Crippen molar-refractivity contribution in [2.24, 2.45) is 5.92 Å². The van der Waals surface area contributed by atoms with Crippen LogP contribution in [0, 0.1) is 5.92 Å². The second-order valence-electron chi connectivity index (χ2n) is 4.32. The molecule has 0 aromatic rings. The number of hydrogen-bond acceptors (Lipinski definition) is 1. The van der Waals surface area contributed by atoms with Gasteiger partial charge in [0.15, 0.2) is 0 Å². The highest BCUT2D eigenvalue weighted by Gasteiger charge is 2.30. The molecule has 0 aromatic carbocycles. The zero-order valence-corrected chi connectivity index (χ0v) is 9.65. The van der Waals surface area contributed by atoms with Crippen molar-refractivity contribution >= 4 is 0 Å². The van der Waals surface area contributed by atoms with Gasteiger partial charge in [-0.15, -0.1) is 0 Å². The zero-order valence-electron chi connectivity index (χ0n) is 9.65. The summed E-state index contributed by atoms with van der Waals surface area (Å²) < 4.78 is 13.6. The monoisotopic (exact) mass is 189 g/mol. The standard InChI is InChI=1S/C11H24FN/c1-6-8-13-10(7-2)9(3)11(4,5)12/h9-10,13H,6-8H2,1-5H3. The molecule has 0 saturated carbocycles. The molecule has 1 N–H and O–H groups in total. The van der Waals surface area contributed by atoms with Crippen molar-refractivity contribution in [1.29, 1.82) is 0 Å². The molecule has 0 amide bonds. The lowest BCUT2D eigenvalue weighted by Crippen LogP contribution is -2.42. The molecule has 1 nitrogen and oxygen atoms in total. The Balaban J connectivity index is 4.07. The third-order valence-corrected chi connectivity index (χ3v) is 2.78. The summed E-state index contributed by atoms with van der Waals surface area (Å²) in [6, 6.07) is 0.306. The molecular weight excluding hydrogens is 165 g/mol. The lowest BCUT2D eigenvalue weighted by molar-refractivity contribution is 0.104. The van der Waals surface area contributed by atoms with E-state index in [0.717, 1.165) is 19.4 Å². The number of alkyl halides is 1. The van der Waals surface area contributed by atoms with Gasteiger partial charge in [0.1, 0.15) is 5.67 Å². The summed E-state index contributed by atoms with van der Waals surface area (Å²) in [4.78, 5) is 0. The first-order chi connectivity index (χ1) is 5.93. The Labute approximate surface area is 82.1 Å². The molecule has 0 aliphatic heterocycles. The van der Waals surface area contributed by atoms with Gasteiger partial charge in [0.25, 0.3) is 0 Å². The van der Waals surface area contributed by atoms with Crippen molar-refractivity contribution in [1.82, 2.24) is 5.32 Å². The Hall–Kier alpha value is -0.110. The molecule has 0 fully saturated rings. The van der Waals surface area contributed by atoms with Gasteiger partial charge in [0, 0.05) is 12.0 Å². The molecule has 0 rings (SSSR count). The zero-order chi connectivity index (χ0) is 10.5. The van der Waals surface area contributed by atoms with Crippen LogP contribution in [-0.4, -0.2) is 18.3 Å². The summed E-state index contributed by atoms with van der Waals surface area (Å²) in [5.74, 6) is 0.0732. The summed E-state index contributed by atoms with van der Waals surface area (Å²) in [6.45, 7) is 10.5. The maximum absolute atomic E-state index is 13.6. The minimum atomic E-state index is -1.08. The highest BCUT2D eigenvalue weighted by Crippen LogP contribution is 2.25. The Bertz CT molecular complexity index is 129. The van der Waals surface area contributed by atoms with Crippen LogP contribution >= 0.6 is 0 Å². The van der Waals surface area contributed by atoms with E-state index in [1.807, 2.05) is 6.92 Å². The van der Waals surface area contributed by atoms with E-state index in [1.165, 1.54) is 0 Å². The van der Waals surface area contributed by atoms with Crippen LogP contribution in [0.15, 0.2) is 0 Å². The predicted octanol–water partition coefficient (Wildman–Crippen LogP) is 3.15. The van der Waals surface area contributed by atoms with E-state index in [-0.39, 0.29) is 5.92 Å². The van der Waals surface area contributed by atoms with Gasteiger partial charge in [-0.1, -0.05) is 20.8 Å². The fourth-order valence-corrected chi connectivity index (χ4v) is 1.48. The maximum Gasteiger partial charge on any atom is 0.109 e. The highest BCUT2D eigenvalue weighted by atomic mass is 19.1. The van der Waals surface area contributed by atoms with Gasteiger partial charge in [-0.25, -0.2) is 4.39 Å². The maximum atomic E-state index is 13.6. The smallest absolute Gasteiger partial charge is 0.109 e. The number of rotatable bonds is 6. The lowest BCUT2D eigenvalue weighted by atomic mass is 9.86. The fourth-order valence-electron chi connectivity index (χ4n) is 1.48. The molecule has 2 unspecified atom stereocenters. The second kappa shape index (κ2) is 5.58. The Morgan fingerprint density at radius 2 is 1.85 bits per heavy atom. The molecule has 0 aliphatic carbocycles. The van der Waals surface area contributed by atoms with Crippen molar-refractivity contribution in [2.75, 3.05) is 6.54 Å². The predicted molar refractivity (Wildman–Crippen MR) is 56.7 cm³/mol. The summed E-state index contributed by atoms with van der Waals surface area (Å²) in [7, 11) is 0. The normalized spacial score (nSPS) is 17.1. The van der Waals surface area contributed by atoms with E-state index in [0.29, 0.717) is 6.04 Å². The second-order valence-corrected chi connectivity index (χ2v) is 4.32. The highest BCUT2D eigenvalue weighted by molar-refractivity contribution is 4.83. The van der Waals surface area contributed by atoms with Crippen LogP contribution in [0.3, 0.4) is 0 Å². The summed E-state index contributed by atoms with van der Waals surface area (Å²) in [5, 5.41) is 3.39. The number of hydrogen-bond donors (Lipinski definition) is 1. The molecule has 0 saturated heterocycles. The first-order valence-electron chi connectivity index (χ1n) is 5.35. The van der Waals surface area contributed by atoms with Gasteiger partial charge >= 0.3 is 0 Å². The molecule has 0 aliphatic rings. The SMILES string of the molecule is CCCNC(CC)C(C)C(C)(C)F. The van der Waals surface area contributed by atoms with Gasteiger partial charge in [-0.2, -0.15) is 0 Å². The van der Waals surface area contributed by atoms with Gasteiger partial charge < -0.3 is 5.32 Å². The van der Waals surface area contributed by atoms with Gasteiger partial charge in [0.05, 0.1) is 0 Å². The summed E-state index contributed by atoms with van der Waals surface area (Å²) in [6.07, 6.45) is 2.10. The average molecular weight is 189 g/mol. The quantitative estimate of drug-likeness (QED) is 0.677. The van der Waals surface area contributed by atoms with Crippen LogP contribution in [-0.2, 0) is 0 Å². The van der Waals surface area contributed by atoms with Crippen molar-refractivity contribution < 1.29 is 4.39 Å². The van der Waals surface area contributed by atoms with Crippen molar-refractivity contribution in [2.45, 2.75) is 59.2 Å². The average Bonchev–Trinajstić information content (AvgIpc) is 2.04. The molecule has 80 valence electrons. The molecule has 2 heteroatoms.